The Morgan fingerprint density at radius 2 is 1.95 bits per heavy atom. The average molecular weight is 261 g/mol. The van der Waals surface area contributed by atoms with E-state index in [0.29, 0.717) is 5.92 Å². The first kappa shape index (κ1) is 14.1. The van der Waals surface area contributed by atoms with Gasteiger partial charge in [-0.3, -0.25) is 4.79 Å². The number of rotatable bonds is 5. The molecule has 0 spiro atoms. The van der Waals surface area contributed by atoms with Crippen molar-refractivity contribution < 1.29 is 9.90 Å². The van der Waals surface area contributed by atoms with Crippen molar-refractivity contribution in [2.45, 2.75) is 45.6 Å². The maximum absolute atomic E-state index is 11.4. The summed E-state index contributed by atoms with van der Waals surface area (Å²) >= 11 is 0. The molecule has 2 N–H and O–H groups in total. The van der Waals surface area contributed by atoms with E-state index in [-0.39, 0.29) is 0 Å². The second kappa shape index (κ2) is 4.64. The van der Waals surface area contributed by atoms with Crippen LogP contribution in [0.15, 0.2) is 24.3 Å². The van der Waals surface area contributed by atoms with Crippen molar-refractivity contribution in [3.05, 3.63) is 35.4 Å². The van der Waals surface area contributed by atoms with Crippen LogP contribution in [-0.2, 0) is 11.2 Å². The van der Waals surface area contributed by atoms with Gasteiger partial charge in [0.05, 0.1) is 5.41 Å². The van der Waals surface area contributed by atoms with E-state index < -0.39 is 16.9 Å². The Morgan fingerprint density at radius 1 is 1.32 bits per heavy atom. The Hall–Kier alpha value is -1.35. The molecule has 0 saturated heterocycles. The third-order valence-electron chi connectivity index (χ3n) is 4.85. The number of aliphatic carboxylic acids is 1. The van der Waals surface area contributed by atoms with E-state index in [1.54, 1.807) is 13.8 Å². The standard InChI is InChI=1S/C16H23NO2/c1-15(2,14(18)19)16(3,4)17-10-12-9-11-7-5-6-8-13(11)12/h5-8,12,17H,9-10H2,1-4H3,(H,18,19). The van der Waals surface area contributed by atoms with E-state index in [2.05, 4.69) is 29.6 Å². The van der Waals surface area contributed by atoms with Gasteiger partial charge in [0, 0.05) is 18.0 Å². The number of carboxylic acid groups (broad SMARTS) is 1. The summed E-state index contributed by atoms with van der Waals surface area (Å²) in [5.74, 6) is -0.251. The molecule has 0 aliphatic heterocycles. The zero-order valence-corrected chi connectivity index (χ0v) is 12.2. The second-order valence-corrected chi connectivity index (χ2v) is 6.54. The molecule has 1 aliphatic rings. The molecule has 0 saturated carbocycles. The maximum atomic E-state index is 11.4. The number of carboxylic acids is 1. The number of carbonyl (C=O) groups is 1. The van der Waals surface area contributed by atoms with Gasteiger partial charge in [0.1, 0.15) is 0 Å². The van der Waals surface area contributed by atoms with Crippen LogP contribution in [0, 0.1) is 5.41 Å². The topological polar surface area (TPSA) is 49.3 Å². The molecule has 0 fully saturated rings. The fourth-order valence-corrected chi connectivity index (χ4v) is 2.41. The minimum atomic E-state index is -0.795. The number of nitrogens with one attached hydrogen (secondary N) is 1. The molecule has 0 bridgehead atoms. The third-order valence-corrected chi connectivity index (χ3v) is 4.85. The van der Waals surface area contributed by atoms with E-state index in [0.717, 1.165) is 13.0 Å². The first-order valence-corrected chi connectivity index (χ1v) is 6.82. The number of fused-ring (bicyclic) bond motifs is 1. The van der Waals surface area contributed by atoms with Crippen LogP contribution in [-0.4, -0.2) is 23.2 Å². The van der Waals surface area contributed by atoms with E-state index >= 15 is 0 Å². The van der Waals surface area contributed by atoms with E-state index in [9.17, 15) is 9.90 Å². The van der Waals surface area contributed by atoms with Gasteiger partial charge in [-0.25, -0.2) is 0 Å². The van der Waals surface area contributed by atoms with Crippen LogP contribution in [0.3, 0.4) is 0 Å². The van der Waals surface area contributed by atoms with Gasteiger partial charge in [0.2, 0.25) is 0 Å². The molecule has 1 aliphatic carbocycles. The monoisotopic (exact) mass is 261 g/mol. The molecule has 1 unspecified atom stereocenters. The minimum absolute atomic E-state index is 0.441. The predicted molar refractivity (Wildman–Crippen MR) is 76.4 cm³/mol. The largest absolute Gasteiger partial charge is 0.481 e. The molecule has 0 radical (unpaired) electrons. The van der Waals surface area contributed by atoms with Crippen LogP contribution >= 0.6 is 0 Å². The summed E-state index contributed by atoms with van der Waals surface area (Å²) < 4.78 is 0. The molecule has 1 aromatic rings. The average Bonchev–Trinajstić information content (AvgIpc) is 2.29. The van der Waals surface area contributed by atoms with Gasteiger partial charge < -0.3 is 10.4 Å². The molecular weight excluding hydrogens is 238 g/mol. The highest BCUT2D eigenvalue weighted by molar-refractivity contribution is 5.75. The third kappa shape index (κ3) is 2.39. The first-order chi connectivity index (χ1) is 8.75. The van der Waals surface area contributed by atoms with Gasteiger partial charge in [-0.05, 0) is 45.2 Å². The van der Waals surface area contributed by atoms with Crippen LogP contribution in [0.1, 0.15) is 44.7 Å². The van der Waals surface area contributed by atoms with Gasteiger partial charge in [-0.2, -0.15) is 0 Å². The van der Waals surface area contributed by atoms with Crippen LogP contribution in [0.2, 0.25) is 0 Å². The highest BCUT2D eigenvalue weighted by atomic mass is 16.4. The summed E-state index contributed by atoms with van der Waals surface area (Å²) in [7, 11) is 0. The zero-order valence-electron chi connectivity index (χ0n) is 12.2. The van der Waals surface area contributed by atoms with E-state index in [1.165, 1.54) is 11.1 Å². The molecular formula is C16H23NO2. The lowest BCUT2D eigenvalue weighted by Crippen LogP contribution is -2.56. The van der Waals surface area contributed by atoms with Crippen molar-refractivity contribution in [1.82, 2.24) is 5.32 Å². The Bertz CT molecular complexity index is 491. The molecule has 3 nitrogen and oxygen atoms in total. The molecule has 19 heavy (non-hydrogen) atoms. The number of hydrogen-bond acceptors (Lipinski definition) is 2. The SMILES string of the molecule is CC(C)(NCC1Cc2ccccc21)C(C)(C)C(=O)O. The molecule has 0 aromatic heterocycles. The van der Waals surface area contributed by atoms with E-state index in [1.807, 2.05) is 13.8 Å². The summed E-state index contributed by atoms with van der Waals surface area (Å²) in [6.07, 6.45) is 1.09. The summed E-state index contributed by atoms with van der Waals surface area (Å²) in [6, 6.07) is 8.47. The van der Waals surface area contributed by atoms with Gasteiger partial charge >= 0.3 is 5.97 Å². The molecule has 1 aromatic carbocycles. The minimum Gasteiger partial charge on any atom is -0.481 e. The molecule has 104 valence electrons. The normalized spacial score (nSPS) is 18.6. The van der Waals surface area contributed by atoms with Crippen molar-refractivity contribution in [3.8, 4) is 0 Å². The zero-order chi connectivity index (χ0) is 14.3. The smallest absolute Gasteiger partial charge is 0.310 e. The van der Waals surface area contributed by atoms with Crippen molar-refractivity contribution in [2.75, 3.05) is 6.54 Å². The van der Waals surface area contributed by atoms with Crippen molar-refractivity contribution in [1.29, 1.82) is 0 Å². The Kier molecular flexibility index (Phi) is 3.43. The summed E-state index contributed by atoms with van der Waals surface area (Å²) in [5, 5.41) is 12.8. The lowest BCUT2D eigenvalue weighted by atomic mass is 9.73. The highest BCUT2D eigenvalue weighted by Crippen LogP contribution is 2.36. The molecule has 1 atom stereocenters. The summed E-state index contributed by atoms with van der Waals surface area (Å²) in [6.45, 7) is 8.31. The van der Waals surface area contributed by atoms with Crippen LogP contribution in [0.25, 0.3) is 0 Å². The fourth-order valence-electron chi connectivity index (χ4n) is 2.41. The van der Waals surface area contributed by atoms with Gasteiger partial charge in [0.15, 0.2) is 0 Å². The van der Waals surface area contributed by atoms with Gasteiger partial charge in [0.25, 0.3) is 0 Å². The van der Waals surface area contributed by atoms with E-state index in [4.69, 9.17) is 0 Å². The summed E-state index contributed by atoms with van der Waals surface area (Å²) in [4.78, 5) is 11.4. The molecule has 0 amide bonds. The second-order valence-electron chi connectivity index (χ2n) is 6.54. The van der Waals surface area contributed by atoms with Crippen molar-refractivity contribution in [2.24, 2.45) is 5.41 Å². The highest BCUT2D eigenvalue weighted by Gasteiger charge is 2.43. The maximum Gasteiger partial charge on any atom is 0.310 e. The molecule has 2 rings (SSSR count). The van der Waals surface area contributed by atoms with Crippen molar-refractivity contribution in [3.63, 3.8) is 0 Å². The van der Waals surface area contributed by atoms with Crippen molar-refractivity contribution >= 4 is 5.97 Å². The lowest BCUT2D eigenvalue weighted by molar-refractivity contribution is -0.151. The predicted octanol–water partition coefficient (Wildman–Crippen LogP) is 2.81. The van der Waals surface area contributed by atoms with Gasteiger partial charge in [-0.1, -0.05) is 24.3 Å². The first-order valence-electron chi connectivity index (χ1n) is 6.82. The van der Waals surface area contributed by atoms with Crippen LogP contribution in [0.5, 0.6) is 0 Å². The number of benzene rings is 1. The van der Waals surface area contributed by atoms with Crippen LogP contribution in [0.4, 0.5) is 0 Å². The Morgan fingerprint density at radius 3 is 2.53 bits per heavy atom. The lowest BCUT2D eigenvalue weighted by Gasteiger charge is -2.41. The fraction of sp³-hybridized carbons (Fsp3) is 0.562. The quantitative estimate of drug-likeness (QED) is 0.857. The van der Waals surface area contributed by atoms with Gasteiger partial charge in [-0.15, -0.1) is 0 Å². The number of hydrogen-bond donors (Lipinski definition) is 2. The Balaban J connectivity index is 1.99. The molecule has 0 heterocycles. The van der Waals surface area contributed by atoms with Crippen LogP contribution < -0.4 is 5.32 Å². The molecule has 3 heteroatoms. The summed E-state index contributed by atoms with van der Waals surface area (Å²) in [5.41, 5.74) is 1.59. The Labute approximate surface area is 115 Å².